The van der Waals surface area contributed by atoms with Gasteiger partial charge in [-0.2, -0.15) is 0 Å². The highest BCUT2D eigenvalue weighted by Crippen LogP contribution is 2.42. The molecule has 0 N–H and O–H groups in total. The van der Waals surface area contributed by atoms with Crippen LogP contribution in [0.15, 0.2) is 168 Å². The Labute approximate surface area is 250 Å². The molecule has 3 heteroatoms. The van der Waals surface area contributed by atoms with E-state index in [1.807, 2.05) is 72.8 Å². The molecule has 0 fully saturated rings. The van der Waals surface area contributed by atoms with E-state index in [4.69, 9.17) is 4.42 Å². The topological polar surface area (TPSA) is 30.2 Å². The van der Waals surface area contributed by atoms with Crippen molar-refractivity contribution < 1.29 is 8.98 Å². The Morgan fingerprint density at radius 3 is 1.56 bits per heavy atom. The second-order valence-corrected chi connectivity index (χ2v) is 13.6. The summed E-state index contributed by atoms with van der Waals surface area (Å²) in [6.45, 7) is 0. The van der Waals surface area contributed by atoms with Gasteiger partial charge in [-0.05, 0) is 45.8 Å². The van der Waals surface area contributed by atoms with E-state index in [0.29, 0.717) is 0 Å². The Kier molecular flexibility index (Phi) is 6.10. The fourth-order valence-corrected chi connectivity index (χ4v) is 8.77. The summed E-state index contributed by atoms with van der Waals surface area (Å²) >= 11 is 0. The molecule has 1 heterocycles. The highest BCUT2D eigenvalue weighted by atomic mass is 31.2. The van der Waals surface area contributed by atoms with Crippen molar-refractivity contribution in [3.63, 3.8) is 0 Å². The first kappa shape index (κ1) is 25.5. The molecule has 0 amide bonds. The molecule has 0 bridgehead atoms. The second-order valence-electron chi connectivity index (χ2n) is 10.9. The number of benzene rings is 7. The van der Waals surface area contributed by atoms with Crippen LogP contribution in [0.5, 0.6) is 0 Å². The zero-order valence-electron chi connectivity index (χ0n) is 23.4. The van der Waals surface area contributed by atoms with Crippen molar-refractivity contribution in [1.29, 1.82) is 0 Å². The highest BCUT2D eigenvalue weighted by molar-refractivity contribution is 7.85. The molecule has 43 heavy (non-hydrogen) atoms. The van der Waals surface area contributed by atoms with Crippen LogP contribution in [0, 0.1) is 0 Å². The molecular formula is C40H27O2P. The lowest BCUT2D eigenvalue weighted by atomic mass is 9.99. The molecule has 0 radical (unpaired) electrons. The van der Waals surface area contributed by atoms with Gasteiger partial charge in [0.15, 0.2) is 7.14 Å². The van der Waals surface area contributed by atoms with Crippen LogP contribution in [-0.4, -0.2) is 0 Å². The quantitative estimate of drug-likeness (QED) is 0.193. The van der Waals surface area contributed by atoms with Crippen molar-refractivity contribution in [2.75, 3.05) is 0 Å². The fourth-order valence-electron chi connectivity index (χ4n) is 6.13. The van der Waals surface area contributed by atoms with Crippen molar-refractivity contribution in [3.8, 4) is 22.3 Å². The van der Waals surface area contributed by atoms with Crippen LogP contribution in [0.3, 0.4) is 0 Å². The third-order valence-corrected chi connectivity index (χ3v) is 11.5. The Balaban J connectivity index is 1.12. The molecule has 0 aliphatic carbocycles. The SMILES string of the molecule is O=P(c1ccccc1)(c1ccccc1)c1ccc(-c2ccc(-c3ccc4oc5c6ccccc6ccc5c4c3)cc2)cc1. The van der Waals surface area contributed by atoms with Crippen LogP contribution in [0.4, 0.5) is 0 Å². The summed E-state index contributed by atoms with van der Waals surface area (Å²) in [5.41, 5.74) is 6.34. The molecule has 0 saturated carbocycles. The van der Waals surface area contributed by atoms with Crippen LogP contribution in [0.25, 0.3) is 55.0 Å². The largest absolute Gasteiger partial charge is 0.455 e. The maximum atomic E-state index is 14.7. The van der Waals surface area contributed by atoms with Crippen LogP contribution < -0.4 is 15.9 Å². The predicted octanol–water partition coefficient (Wildman–Crippen LogP) is 9.71. The van der Waals surface area contributed by atoms with E-state index in [0.717, 1.165) is 65.5 Å². The number of fused-ring (bicyclic) bond motifs is 5. The Hall–Kier alpha value is -5.17. The number of hydrogen-bond acceptors (Lipinski definition) is 2. The summed E-state index contributed by atoms with van der Waals surface area (Å²) < 4.78 is 21.0. The third-order valence-electron chi connectivity index (χ3n) is 8.38. The molecular weight excluding hydrogens is 543 g/mol. The van der Waals surface area contributed by atoms with Gasteiger partial charge in [-0.3, -0.25) is 0 Å². The van der Waals surface area contributed by atoms with Crippen molar-refractivity contribution in [1.82, 2.24) is 0 Å². The zero-order chi connectivity index (χ0) is 28.8. The lowest BCUT2D eigenvalue weighted by molar-refractivity contribution is 0.592. The summed E-state index contributed by atoms with van der Waals surface area (Å²) in [5, 5.41) is 7.09. The Morgan fingerprint density at radius 2 is 0.907 bits per heavy atom. The van der Waals surface area contributed by atoms with Gasteiger partial charge < -0.3 is 8.98 Å². The molecule has 0 saturated heterocycles. The van der Waals surface area contributed by atoms with Gasteiger partial charge in [0.25, 0.3) is 0 Å². The van der Waals surface area contributed by atoms with Crippen molar-refractivity contribution in [2.45, 2.75) is 0 Å². The van der Waals surface area contributed by atoms with Gasteiger partial charge >= 0.3 is 0 Å². The monoisotopic (exact) mass is 570 g/mol. The minimum atomic E-state index is -2.99. The van der Waals surface area contributed by atoms with E-state index >= 15 is 0 Å². The second kappa shape index (κ2) is 10.3. The van der Waals surface area contributed by atoms with E-state index in [1.54, 1.807) is 0 Å². The van der Waals surface area contributed by atoms with E-state index in [-0.39, 0.29) is 0 Å². The van der Waals surface area contributed by atoms with E-state index in [2.05, 4.69) is 91.0 Å². The van der Waals surface area contributed by atoms with E-state index < -0.39 is 7.14 Å². The molecule has 204 valence electrons. The maximum Gasteiger partial charge on any atom is 0.171 e. The summed E-state index contributed by atoms with van der Waals surface area (Å²) in [6, 6.07) is 55.5. The first-order valence-electron chi connectivity index (χ1n) is 14.5. The minimum absolute atomic E-state index is 0.832. The molecule has 8 rings (SSSR count). The first-order valence-corrected chi connectivity index (χ1v) is 16.2. The van der Waals surface area contributed by atoms with Gasteiger partial charge in [0.2, 0.25) is 0 Å². The highest BCUT2D eigenvalue weighted by Gasteiger charge is 2.29. The Bertz CT molecular complexity index is 2240. The van der Waals surface area contributed by atoms with Gasteiger partial charge in [-0.25, -0.2) is 0 Å². The molecule has 1 aromatic heterocycles. The standard InChI is InChI=1S/C40H27O2P/c41-43(33-10-3-1-4-11-33,34-12-5-2-6-13-34)35-23-19-29(20-24-35)28-15-17-30(18-16-28)32-22-26-39-38(27-32)37-25-21-31-9-7-8-14-36(31)40(37)42-39/h1-27H. The fraction of sp³-hybridized carbons (Fsp3) is 0. The molecule has 0 aliphatic rings. The van der Waals surface area contributed by atoms with E-state index in [1.165, 1.54) is 5.39 Å². The predicted molar refractivity (Wildman–Crippen MR) is 181 cm³/mol. The average Bonchev–Trinajstić information content (AvgIpc) is 3.47. The normalized spacial score (nSPS) is 11.8. The molecule has 0 atom stereocenters. The zero-order valence-corrected chi connectivity index (χ0v) is 24.2. The van der Waals surface area contributed by atoms with Gasteiger partial charge in [0.1, 0.15) is 11.2 Å². The molecule has 0 spiro atoms. The third kappa shape index (κ3) is 4.31. The van der Waals surface area contributed by atoms with Crippen LogP contribution in [0.1, 0.15) is 0 Å². The number of furan rings is 1. The van der Waals surface area contributed by atoms with Crippen molar-refractivity contribution in [3.05, 3.63) is 164 Å². The molecule has 0 unspecified atom stereocenters. The first-order chi connectivity index (χ1) is 21.2. The molecule has 7 aromatic carbocycles. The van der Waals surface area contributed by atoms with Crippen molar-refractivity contribution >= 4 is 55.8 Å². The summed E-state index contributed by atoms with van der Waals surface area (Å²) in [6.07, 6.45) is 0. The van der Waals surface area contributed by atoms with Gasteiger partial charge in [0, 0.05) is 32.1 Å². The van der Waals surface area contributed by atoms with Crippen molar-refractivity contribution in [2.24, 2.45) is 0 Å². The lowest BCUT2D eigenvalue weighted by Gasteiger charge is -2.20. The van der Waals surface area contributed by atoms with Gasteiger partial charge in [0.05, 0.1) is 0 Å². The Morgan fingerprint density at radius 1 is 0.395 bits per heavy atom. The van der Waals surface area contributed by atoms with Gasteiger partial charge in [-0.1, -0.05) is 146 Å². The minimum Gasteiger partial charge on any atom is -0.455 e. The van der Waals surface area contributed by atoms with E-state index in [9.17, 15) is 4.57 Å². The van der Waals surface area contributed by atoms with Gasteiger partial charge in [-0.15, -0.1) is 0 Å². The molecule has 0 aliphatic heterocycles. The smallest absolute Gasteiger partial charge is 0.171 e. The van der Waals surface area contributed by atoms with Crippen LogP contribution in [-0.2, 0) is 4.57 Å². The van der Waals surface area contributed by atoms with Crippen LogP contribution in [0.2, 0.25) is 0 Å². The molecule has 2 nitrogen and oxygen atoms in total. The number of rotatable bonds is 5. The maximum absolute atomic E-state index is 14.7. The van der Waals surface area contributed by atoms with Crippen LogP contribution >= 0.6 is 7.14 Å². The summed E-state index contributed by atoms with van der Waals surface area (Å²) in [5.74, 6) is 0. The molecule has 8 aromatic rings. The number of hydrogen-bond donors (Lipinski definition) is 0. The average molecular weight is 571 g/mol. The lowest BCUT2D eigenvalue weighted by Crippen LogP contribution is -2.24. The summed E-state index contributed by atoms with van der Waals surface area (Å²) in [4.78, 5) is 0. The summed E-state index contributed by atoms with van der Waals surface area (Å²) in [7, 11) is -2.99.